The van der Waals surface area contributed by atoms with Crippen molar-refractivity contribution in [2.75, 3.05) is 7.11 Å². The quantitative estimate of drug-likeness (QED) is 0.237. The molecule has 0 heterocycles. The standard InChI is InChI=1S/C32H44O5/c1-20(12-10-14-22(3)28(34)35)11-9-13-21(2)27-24(33)19-26-31(6)17-15-23(29(36)37-8)30(4,5)25(31)16-18-32(26,27)7/h9-14,23,25-26H,15-19H2,1-8H3,(H,34,35)/b12-10+,13-9+,20-11+,22-14+,27-21-/t23-,25+,26+,31+,32+/m1/s1. The van der Waals surface area contributed by atoms with Crippen LogP contribution >= 0.6 is 0 Å². The molecule has 3 rings (SSSR count). The zero-order valence-electron chi connectivity index (χ0n) is 23.8. The fourth-order valence-electron chi connectivity index (χ4n) is 8.06. The minimum Gasteiger partial charge on any atom is -0.478 e. The molecule has 0 aromatic rings. The van der Waals surface area contributed by atoms with E-state index in [0.717, 1.165) is 42.4 Å². The first kappa shape index (κ1) is 28.9. The SMILES string of the molecule is COC(=O)[C@H]1CC[C@@]2(C)[C@@H](CC[C@]3(C)\C(=C(C)/C=C/C=C(C)/C=C/C=C(\C)C(=O)O)C(=O)C[C@@H]23)C1(C)C. The van der Waals surface area contributed by atoms with Gasteiger partial charge in [-0.3, -0.25) is 9.59 Å². The highest BCUT2D eigenvalue weighted by Gasteiger charge is 2.65. The van der Waals surface area contributed by atoms with Gasteiger partial charge >= 0.3 is 11.9 Å². The summed E-state index contributed by atoms with van der Waals surface area (Å²) in [4.78, 5) is 37.0. The molecule has 3 saturated carbocycles. The highest BCUT2D eigenvalue weighted by molar-refractivity contribution is 6.00. The molecule has 0 bridgehead atoms. The van der Waals surface area contributed by atoms with Gasteiger partial charge in [-0.15, -0.1) is 0 Å². The number of methoxy groups -OCH3 is 1. The molecule has 0 radical (unpaired) electrons. The third kappa shape index (κ3) is 5.19. The zero-order valence-corrected chi connectivity index (χ0v) is 23.8. The molecule has 5 atom stereocenters. The molecule has 0 aliphatic heterocycles. The van der Waals surface area contributed by atoms with E-state index in [1.54, 1.807) is 19.1 Å². The number of carbonyl (C=O) groups excluding carboxylic acids is 2. The van der Waals surface area contributed by atoms with Crippen molar-refractivity contribution in [1.29, 1.82) is 0 Å². The van der Waals surface area contributed by atoms with Crippen molar-refractivity contribution in [3.63, 3.8) is 0 Å². The van der Waals surface area contributed by atoms with Gasteiger partial charge in [0.2, 0.25) is 0 Å². The van der Waals surface area contributed by atoms with Gasteiger partial charge in [-0.1, -0.05) is 69.7 Å². The number of carbonyl (C=O) groups is 3. The van der Waals surface area contributed by atoms with Gasteiger partial charge in [-0.25, -0.2) is 4.79 Å². The fourth-order valence-corrected chi connectivity index (χ4v) is 8.06. The molecule has 0 amide bonds. The Kier molecular flexibility index (Phi) is 8.26. The summed E-state index contributed by atoms with van der Waals surface area (Å²) in [5.41, 5.74) is 2.95. The number of hydrogen-bond donors (Lipinski definition) is 1. The first-order valence-electron chi connectivity index (χ1n) is 13.5. The molecule has 3 aliphatic carbocycles. The second-order valence-electron chi connectivity index (χ2n) is 12.5. The van der Waals surface area contributed by atoms with E-state index in [9.17, 15) is 14.4 Å². The summed E-state index contributed by atoms with van der Waals surface area (Å²) in [5, 5.41) is 8.95. The van der Waals surface area contributed by atoms with Crippen molar-refractivity contribution >= 4 is 17.7 Å². The van der Waals surface area contributed by atoms with Crippen LogP contribution in [-0.4, -0.2) is 29.9 Å². The summed E-state index contributed by atoms with van der Waals surface area (Å²) in [6, 6.07) is 0. The number of hydrogen-bond acceptors (Lipinski definition) is 4. The van der Waals surface area contributed by atoms with Crippen LogP contribution in [-0.2, 0) is 19.1 Å². The minimum atomic E-state index is -0.926. The van der Waals surface area contributed by atoms with Gasteiger partial charge in [0.25, 0.3) is 0 Å². The Morgan fingerprint density at radius 3 is 2.22 bits per heavy atom. The molecule has 3 fully saturated rings. The predicted molar refractivity (Wildman–Crippen MR) is 147 cm³/mol. The van der Waals surface area contributed by atoms with Crippen molar-refractivity contribution in [1.82, 2.24) is 0 Å². The largest absolute Gasteiger partial charge is 0.478 e. The Hall–Kier alpha value is -2.69. The topological polar surface area (TPSA) is 80.7 Å². The number of Topliss-reactive ketones (excluding diaryl/α,β-unsaturated/α-hetero) is 1. The maximum atomic E-state index is 13.5. The third-order valence-corrected chi connectivity index (χ3v) is 9.95. The monoisotopic (exact) mass is 508 g/mol. The average Bonchev–Trinajstić information content (AvgIpc) is 3.09. The smallest absolute Gasteiger partial charge is 0.331 e. The van der Waals surface area contributed by atoms with Gasteiger partial charge in [-0.2, -0.15) is 0 Å². The molecule has 0 saturated heterocycles. The number of ether oxygens (including phenoxy) is 1. The van der Waals surface area contributed by atoms with E-state index in [4.69, 9.17) is 9.84 Å². The summed E-state index contributed by atoms with van der Waals surface area (Å²) in [7, 11) is 1.48. The summed E-state index contributed by atoms with van der Waals surface area (Å²) in [5.74, 6) is -0.217. The average molecular weight is 509 g/mol. The summed E-state index contributed by atoms with van der Waals surface area (Å²) in [6.07, 6.45) is 15.4. The molecular formula is C32H44O5. The molecule has 5 nitrogen and oxygen atoms in total. The normalized spacial score (nSPS) is 35.5. The number of fused-ring (bicyclic) bond motifs is 3. The molecule has 3 aliphatic rings. The number of rotatable bonds is 6. The molecule has 202 valence electrons. The van der Waals surface area contributed by atoms with E-state index >= 15 is 0 Å². The lowest BCUT2D eigenvalue weighted by Crippen LogP contribution is -2.57. The van der Waals surface area contributed by atoms with E-state index < -0.39 is 5.97 Å². The van der Waals surface area contributed by atoms with E-state index in [1.165, 1.54) is 7.11 Å². The maximum absolute atomic E-state index is 13.5. The lowest BCUT2D eigenvalue weighted by molar-refractivity contribution is -0.171. The van der Waals surface area contributed by atoms with Crippen LogP contribution in [0.3, 0.4) is 0 Å². The summed E-state index contributed by atoms with van der Waals surface area (Å²) >= 11 is 0. The summed E-state index contributed by atoms with van der Waals surface area (Å²) < 4.78 is 5.16. The van der Waals surface area contributed by atoms with Crippen LogP contribution in [0, 0.1) is 34.0 Å². The van der Waals surface area contributed by atoms with E-state index in [1.807, 2.05) is 38.2 Å². The molecule has 0 aromatic heterocycles. The predicted octanol–water partition coefficient (Wildman–Crippen LogP) is 7.01. The number of aliphatic carboxylic acids is 1. The molecule has 0 unspecified atom stereocenters. The number of allylic oxidation sites excluding steroid dienone is 9. The van der Waals surface area contributed by atoms with Gasteiger partial charge in [0.15, 0.2) is 5.78 Å². The van der Waals surface area contributed by atoms with Crippen LogP contribution in [0.25, 0.3) is 0 Å². The van der Waals surface area contributed by atoms with Gasteiger partial charge in [0, 0.05) is 23.0 Å². The second kappa shape index (κ2) is 10.6. The number of carboxylic acids is 1. The van der Waals surface area contributed by atoms with Crippen LogP contribution in [0.2, 0.25) is 0 Å². The van der Waals surface area contributed by atoms with Crippen molar-refractivity contribution in [3.8, 4) is 0 Å². The van der Waals surface area contributed by atoms with Gasteiger partial charge in [-0.05, 0) is 74.7 Å². The van der Waals surface area contributed by atoms with Crippen LogP contribution in [0.15, 0.2) is 58.7 Å². The van der Waals surface area contributed by atoms with Crippen LogP contribution < -0.4 is 0 Å². The second-order valence-corrected chi connectivity index (χ2v) is 12.5. The minimum absolute atomic E-state index is 0.00527. The third-order valence-electron chi connectivity index (χ3n) is 9.95. The molecule has 0 spiro atoms. The van der Waals surface area contributed by atoms with E-state index in [2.05, 4.69) is 27.7 Å². The number of carboxylic acid groups (broad SMARTS) is 1. The van der Waals surface area contributed by atoms with Crippen LogP contribution in [0.1, 0.15) is 80.6 Å². The van der Waals surface area contributed by atoms with Gasteiger partial charge in [0.05, 0.1) is 13.0 Å². The van der Waals surface area contributed by atoms with Gasteiger partial charge in [0.1, 0.15) is 0 Å². The van der Waals surface area contributed by atoms with Crippen molar-refractivity contribution in [2.24, 2.45) is 34.0 Å². The molecule has 1 N–H and O–H groups in total. The Morgan fingerprint density at radius 2 is 1.59 bits per heavy atom. The molecular weight excluding hydrogens is 464 g/mol. The van der Waals surface area contributed by atoms with E-state index in [0.29, 0.717) is 12.3 Å². The van der Waals surface area contributed by atoms with Crippen molar-refractivity contribution in [3.05, 3.63) is 58.7 Å². The fraction of sp³-hybridized carbons (Fsp3) is 0.594. The first-order valence-corrected chi connectivity index (χ1v) is 13.5. The zero-order chi connectivity index (χ0) is 27.8. The maximum Gasteiger partial charge on any atom is 0.331 e. The van der Waals surface area contributed by atoms with Crippen molar-refractivity contribution < 1.29 is 24.2 Å². The van der Waals surface area contributed by atoms with Gasteiger partial charge < -0.3 is 9.84 Å². The number of esters is 1. The lowest BCUT2D eigenvalue weighted by Gasteiger charge is -2.62. The molecule has 0 aromatic carbocycles. The van der Waals surface area contributed by atoms with Crippen LogP contribution in [0.4, 0.5) is 0 Å². The highest BCUT2D eigenvalue weighted by atomic mass is 16.5. The Balaban J connectivity index is 1.86. The molecule has 5 heteroatoms. The van der Waals surface area contributed by atoms with E-state index in [-0.39, 0.29) is 45.4 Å². The van der Waals surface area contributed by atoms with Crippen molar-refractivity contribution in [2.45, 2.75) is 80.6 Å². The lowest BCUT2D eigenvalue weighted by atomic mass is 9.42. The van der Waals surface area contributed by atoms with Crippen LogP contribution in [0.5, 0.6) is 0 Å². The molecule has 37 heavy (non-hydrogen) atoms. The highest BCUT2D eigenvalue weighted by Crippen LogP contribution is 2.70. The Morgan fingerprint density at radius 1 is 0.946 bits per heavy atom. The number of ketones is 1. The Labute approximate surface area is 222 Å². The Bertz CT molecular complexity index is 1110. The first-order chi connectivity index (χ1) is 17.2. The summed E-state index contributed by atoms with van der Waals surface area (Å²) in [6.45, 7) is 14.7.